The van der Waals surface area contributed by atoms with Crippen LogP contribution in [0.2, 0.25) is 0 Å². The predicted molar refractivity (Wildman–Crippen MR) is 113 cm³/mol. The van der Waals surface area contributed by atoms with Gasteiger partial charge in [0.15, 0.2) is 18.9 Å². The molecule has 3 fully saturated rings. The highest BCUT2D eigenvalue weighted by atomic mass is 16.7. The zero-order chi connectivity index (χ0) is 27.6. The molecule has 37 heavy (non-hydrogen) atoms. The maximum Gasteiger partial charge on any atom is 0.217 e. The van der Waals surface area contributed by atoms with Crippen molar-refractivity contribution in [1.29, 1.82) is 0 Å². The molecule has 0 spiro atoms. The van der Waals surface area contributed by atoms with Crippen molar-refractivity contribution in [3.63, 3.8) is 0 Å². The smallest absolute Gasteiger partial charge is 0.217 e. The van der Waals surface area contributed by atoms with E-state index in [1.807, 2.05) is 0 Å². The highest BCUT2D eigenvalue weighted by molar-refractivity contribution is 5.73. The van der Waals surface area contributed by atoms with Gasteiger partial charge in [0.2, 0.25) is 5.91 Å². The van der Waals surface area contributed by atoms with E-state index in [1.54, 1.807) is 0 Å². The lowest BCUT2D eigenvalue weighted by atomic mass is 9.95. The minimum absolute atomic E-state index is 0.564. The van der Waals surface area contributed by atoms with Gasteiger partial charge in [0, 0.05) is 6.92 Å². The van der Waals surface area contributed by atoms with E-state index in [2.05, 4.69) is 5.32 Å². The molecule has 3 saturated heterocycles. The number of hydrogen-bond donors (Lipinski definition) is 11. The molecule has 3 aliphatic rings. The molecule has 0 aliphatic carbocycles. The predicted octanol–water partition coefficient (Wildman–Crippen LogP) is -7.43. The molecule has 11 N–H and O–H groups in total. The zero-order valence-electron chi connectivity index (χ0n) is 19.7. The molecule has 3 heterocycles. The maximum absolute atomic E-state index is 11.8. The summed E-state index contributed by atoms with van der Waals surface area (Å²) in [6, 6.07) is -1.38. The molecule has 17 heteroatoms. The van der Waals surface area contributed by atoms with E-state index < -0.39 is 118 Å². The summed E-state index contributed by atoms with van der Waals surface area (Å²) in [6.45, 7) is -0.959. The van der Waals surface area contributed by atoms with E-state index in [0.717, 1.165) is 6.92 Å². The molecule has 0 unspecified atom stereocenters. The Hall–Kier alpha value is -1.13. The summed E-state index contributed by atoms with van der Waals surface area (Å²) < 4.78 is 27.0. The lowest BCUT2D eigenvalue weighted by molar-refractivity contribution is -0.352. The van der Waals surface area contributed by atoms with Gasteiger partial charge in [-0.25, -0.2) is 0 Å². The SMILES string of the molecule is CC(=O)N[C@H]1[C@@H](OC[C@@H]2O[C@H](O)[C@@H](O)[C@H](O)[C@H]2O)O[C@H](CO)[C@H](O[C@@H]2O[C@H](CO)[C@H](O)[C@H](O)[C@@H]2O)[C@@H]1O. The number of aliphatic hydroxyl groups excluding tert-OH is 10. The first kappa shape index (κ1) is 30.4. The number of amides is 1. The molecule has 1 amide bonds. The third-order valence-corrected chi connectivity index (χ3v) is 6.47. The molecule has 0 saturated carbocycles. The van der Waals surface area contributed by atoms with Crippen molar-refractivity contribution in [3.05, 3.63) is 0 Å². The van der Waals surface area contributed by atoms with Gasteiger partial charge < -0.3 is 80.1 Å². The van der Waals surface area contributed by atoms with Crippen LogP contribution < -0.4 is 5.32 Å². The molecule has 0 aromatic rings. The van der Waals surface area contributed by atoms with E-state index >= 15 is 0 Å². The largest absolute Gasteiger partial charge is 0.394 e. The first-order chi connectivity index (χ1) is 17.4. The highest BCUT2D eigenvalue weighted by Gasteiger charge is 2.52. The summed E-state index contributed by atoms with van der Waals surface area (Å²) in [5.41, 5.74) is 0. The molecular formula is C20H35NO16. The summed E-state index contributed by atoms with van der Waals surface area (Å²) in [5.74, 6) is -0.641. The third-order valence-electron chi connectivity index (χ3n) is 6.47. The molecular weight excluding hydrogens is 510 g/mol. The Morgan fingerprint density at radius 3 is 1.86 bits per heavy atom. The van der Waals surface area contributed by atoms with E-state index in [4.69, 9.17) is 23.7 Å². The highest BCUT2D eigenvalue weighted by Crippen LogP contribution is 2.30. The Labute approximate surface area is 210 Å². The second-order valence-corrected chi connectivity index (χ2v) is 9.11. The van der Waals surface area contributed by atoms with Gasteiger partial charge in [0.25, 0.3) is 0 Å². The van der Waals surface area contributed by atoms with Crippen LogP contribution >= 0.6 is 0 Å². The van der Waals surface area contributed by atoms with E-state index in [1.165, 1.54) is 0 Å². The molecule has 3 aliphatic heterocycles. The van der Waals surface area contributed by atoms with Crippen LogP contribution in [0.4, 0.5) is 0 Å². The molecule has 0 bridgehead atoms. The second kappa shape index (κ2) is 12.8. The van der Waals surface area contributed by atoms with Gasteiger partial charge in [0.1, 0.15) is 73.2 Å². The molecule has 0 aromatic heterocycles. The Morgan fingerprint density at radius 2 is 1.27 bits per heavy atom. The van der Waals surface area contributed by atoms with Crippen LogP contribution in [0.25, 0.3) is 0 Å². The summed E-state index contributed by atoms with van der Waals surface area (Å²) in [4.78, 5) is 11.8. The van der Waals surface area contributed by atoms with Gasteiger partial charge in [-0.3, -0.25) is 4.79 Å². The van der Waals surface area contributed by atoms with Crippen molar-refractivity contribution < 1.29 is 79.5 Å². The normalized spacial score (nSPS) is 49.0. The fourth-order valence-corrected chi connectivity index (χ4v) is 4.36. The number of rotatable bonds is 8. The number of hydrogen-bond acceptors (Lipinski definition) is 16. The fraction of sp³-hybridized carbons (Fsp3) is 0.950. The van der Waals surface area contributed by atoms with Gasteiger partial charge in [0.05, 0.1) is 19.8 Å². The molecule has 216 valence electrons. The molecule has 0 radical (unpaired) electrons. The zero-order valence-corrected chi connectivity index (χ0v) is 19.7. The van der Waals surface area contributed by atoms with Crippen LogP contribution in [0.3, 0.4) is 0 Å². The first-order valence-electron chi connectivity index (χ1n) is 11.6. The van der Waals surface area contributed by atoms with Gasteiger partial charge >= 0.3 is 0 Å². The average Bonchev–Trinajstić information content (AvgIpc) is 2.86. The number of aliphatic hydroxyl groups is 10. The number of carbonyl (C=O) groups excluding carboxylic acids is 1. The van der Waals surface area contributed by atoms with E-state index in [9.17, 15) is 55.9 Å². The van der Waals surface area contributed by atoms with Gasteiger partial charge in [-0.15, -0.1) is 0 Å². The molecule has 17 nitrogen and oxygen atoms in total. The standard InChI is InChI=1S/C20H35NO16/c1-5(24)21-9-12(27)17(37-20-16(31)14(29)10(25)6(2-22)35-20)7(3-23)36-19(9)33-4-8-11(26)13(28)15(30)18(32)34-8/h6-20,22-23,25-32H,2-4H2,1H3,(H,21,24)/t6-,7-,8+,9-,10+,11+,12-,13-,14+,15+,16+,17+,18+,19+,20+/m1/s1. The Morgan fingerprint density at radius 1 is 0.703 bits per heavy atom. The summed E-state index contributed by atoms with van der Waals surface area (Å²) in [6.07, 6.45) is -22.7. The van der Waals surface area contributed by atoms with Crippen molar-refractivity contribution >= 4 is 5.91 Å². The van der Waals surface area contributed by atoms with Crippen LogP contribution in [-0.2, 0) is 28.5 Å². The van der Waals surface area contributed by atoms with Gasteiger partial charge in [-0.1, -0.05) is 0 Å². The van der Waals surface area contributed by atoms with Crippen LogP contribution in [0.1, 0.15) is 6.92 Å². The van der Waals surface area contributed by atoms with Crippen molar-refractivity contribution in [2.75, 3.05) is 19.8 Å². The minimum Gasteiger partial charge on any atom is -0.394 e. The van der Waals surface area contributed by atoms with Crippen LogP contribution in [0.15, 0.2) is 0 Å². The van der Waals surface area contributed by atoms with Gasteiger partial charge in [-0.2, -0.15) is 0 Å². The second-order valence-electron chi connectivity index (χ2n) is 9.11. The topological polar surface area (TPSA) is 278 Å². The molecule has 0 aromatic carbocycles. The third kappa shape index (κ3) is 6.55. The van der Waals surface area contributed by atoms with Gasteiger partial charge in [-0.05, 0) is 0 Å². The Bertz CT molecular complexity index is 745. The number of nitrogens with one attached hydrogen (secondary N) is 1. The Kier molecular flexibility index (Phi) is 10.5. The number of ether oxygens (including phenoxy) is 5. The number of carbonyl (C=O) groups is 1. The van der Waals surface area contributed by atoms with Crippen LogP contribution in [0, 0.1) is 0 Å². The minimum atomic E-state index is -1.84. The fourth-order valence-electron chi connectivity index (χ4n) is 4.36. The summed E-state index contributed by atoms with van der Waals surface area (Å²) in [5, 5.41) is 102. The van der Waals surface area contributed by atoms with E-state index in [0.29, 0.717) is 0 Å². The molecule has 3 rings (SSSR count). The van der Waals surface area contributed by atoms with E-state index in [-0.39, 0.29) is 0 Å². The lowest BCUT2D eigenvalue weighted by Gasteiger charge is -2.47. The summed E-state index contributed by atoms with van der Waals surface area (Å²) in [7, 11) is 0. The lowest BCUT2D eigenvalue weighted by Crippen LogP contribution is -2.68. The van der Waals surface area contributed by atoms with Crippen molar-refractivity contribution in [3.8, 4) is 0 Å². The maximum atomic E-state index is 11.8. The average molecular weight is 545 g/mol. The quantitative estimate of drug-likeness (QED) is 0.135. The van der Waals surface area contributed by atoms with Crippen molar-refractivity contribution in [2.45, 2.75) is 99.0 Å². The van der Waals surface area contributed by atoms with Crippen molar-refractivity contribution in [1.82, 2.24) is 5.32 Å². The Balaban J connectivity index is 1.74. The first-order valence-corrected chi connectivity index (χ1v) is 11.6. The van der Waals surface area contributed by atoms with Crippen LogP contribution in [0.5, 0.6) is 0 Å². The summed E-state index contributed by atoms with van der Waals surface area (Å²) >= 11 is 0. The molecule has 15 atom stereocenters. The van der Waals surface area contributed by atoms with Crippen molar-refractivity contribution in [2.24, 2.45) is 0 Å². The monoisotopic (exact) mass is 545 g/mol. The van der Waals surface area contributed by atoms with Crippen LogP contribution in [-0.4, -0.2) is 169 Å².